The summed E-state index contributed by atoms with van der Waals surface area (Å²) in [6.45, 7) is 2.42. The first kappa shape index (κ1) is 19.1. The summed E-state index contributed by atoms with van der Waals surface area (Å²) in [6, 6.07) is 7.71. The largest absolute Gasteiger partial charge is 0.418 e. The van der Waals surface area contributed by atoms with Gasteiger partial charge in [-0.25, -0.2) is 9.38 Å². The number of alkyl halides is 3. The number of halogens is 5. The minimum absolute atomic E-state index is 0.225. The van der Waals surface area contributed by atoms with Crippen LogP contribution in [0.3, 0.4) is 0 Å². The summed E-state index contributed by atoms with van der Waals surface area (Å²) < 4.78 is 54.3. The molecule has 3 nitrogen and oxygen atoms in total. The molecule has 0 unspecified atom stereocenters. The molecule has 134 valence electrons. The van der Waals surface area contributed by atoms with Gasteiger partial charge in [-0.1, -0.05) is 23.7 Å². The second kappa shape index (κ2) is 7.74. The average molecular weight is 374 g/mol. The Morgan fingerprint density at radius 2 is 1.88 bits per heavy atom. The molecule has 2 aromatic rings. The fraction of sp³-hybridized carbons (Fsp3) is 0.235. The van der Waals surface area contributed by atoms with Crippen LogP contribution in [0.1, 0.15) is 12.5 Å². The molecule has 0 aliphatic heterocycles. The Balaban J connectivity index is 2.48. The molecule has 0 spiro atoms. The third-order valence-corrected chi connectivity index (χ3v) is 3.76. The summed E-state index contributed by atoms with van der Waals surface area (Å²) in [6.07, 6.45) is -3.40. The van der Waals surface area contributed by atoms with Crippen molar-refractivity contribution in [1.29, 1.82) is 0 Å². The van der Waals surface area contributed by atoms with E-state index in [9.17, 15) is 17.6 Å². The zero-order valence-corrected chi connectivity index (χ0v) is 14.3. The second-order valence-electron chi connectivity index (χ2n) is 5.27. The van der Waals surface area contributed by atoms with Crippen molar-refractivity contribution in [2.45, 2.75) is 13.1 Å². The lowest BCUT2D eigenvalue weighted by molar-refractivity contribution is -0.136. The zero-order chi connectivity index (χ0) is 18.6. The van der Waals surface area contributed by atoms with Gasteiger partial charge >= 0.3 is 6.18 Å². The maximum atomic E-state index is 14.2. The topological polar surface area (TPSA) is 27.6 Å². The molecule has 25 heavy (non-hydrogen) atoms. The van der Waals surface area contributed by atoms with Gasteiger partial charge in [-0.3, -0.25) is 0 Å². The Bertz CT molecular complexity index is 775. The third kappa shape index (κ3) is 4.85. The van der Waals surface area contributed by atoms with Crippen LogP contribution in [0.5, 0.6) is 0 Å². The number of aliphatic imine (C=N–C) groups is 1. The highest BCUT2D eigenvalue weighted by molar-refractivity contribution is 6.33. The number of hydrogen-bond acceptors (Lipinski definition) is 2. The highest BCUT2D eigenvalue weighted by atomic mass is 35.5. The Morgan fingerprint density at radius 1 is 1.20 bits per heavy atom. The standard InChI is InChI=1S/C17H16ClF4N3/c1-3-25(2)10-23-16-8-11(17(20,21)22)15(9-13(16)19)24-14-7-5-4-6-12(14)18/h4-10,24H,3H2,1-2H3. The molecule has 2 aromatic carbocycles. The molecule has 0 fully saturated rings. The van der Waals surface area contributed by atoms with E-state index >= 15 is 0 Å². The van der Waals surface area contributed by atoms with E-state index in [1.54, 1.807) is 24.1 Å². The summed E-state index contributed by atoms with van der Waals surface area (Å²) in [5, 5.41) is 2.76. The van der Waals surface area contributed by atoms with Gasteiger partial charge in [0.05, 0.1) is 28.3 Å². The maximum Gasteiger partial charge on any atom is 0.418 e. The van der Waals surface area contributed by atoms with Crippen molar-refractivity contribution in [3.05, 3.63) is 52.8 Å². The van der Waals surface area contributed by atoms with Crippen molar-refractivity contribution in [2.24, 2.45) is 4.99 Å². The van der Waals surface area contributed by atoms with Crippen LogP contribution in [0.15, 0.2) is 41.4 Å². The number of rotatable bonds is 5. The molecule has 0 bridgehead atoms. The molecule has 0 saturated carbocycles. The van der Waals surface area contributed by atoms with Crippen LogP contribution >= 0.6 is 11.6 Å². The molecule has 0 amide bonds. The molecule has 0 heterocycles. The first-order chi connectivity index (χ1) is 11.7. The predicted octanol–water partition coefficient (Wildman–Crippen LogP) is 5.85. The fourth-order valence-electron chi connectivity index (χ4n) is 1.95. The van der Waals surface area contributed by atoms with E-state index in [-0.39, 0.29) is 10.7 Å². The van der Waals surface area contributed by atoms with Gasteiger partial charge < -0.3 is 10.2 Å². The number of nitrogens with one attached hydrogen (secondary N) is 1. The van der Waals surface area contributed by atoms with E-state index in [2.05, 4.69) is 10.3 Å². The molecule has 2 rings (SSSR count). The average Bonchev–Trinajstić information content (AvgIpc) is 2.54. The van der Waals surface area contributed by atoms with E-state index in [0.29, 0.717) is 12.6 Å². The molecule has 1 N–H and O–H groups in total. The van der Waals surface area contributed by atoms with E-state index in [0.717, 1.165) is 6.07 Å². The van der Waals surface area contributed by atoms with Crippen LogP contribution in [-0.4, -0.2) is 24.8 Å². The highest BCUT2D eigenvalue weighted by Crippen LogP contribution is 2.40. The van der Waals surface area contributed by atoms with Gasteiger partial charge in [-0.05, 0) is 25.1 Å². The molecule has 0 aromatic heterocycles. The first-order valence-electron chi connectivity index (χ1n) is 7.39. The van der Waals surface area contributed by atoms with Gasteiger partial charge in [0.2, 0.25) is 0 Å². The maximum absolute atomic E-state index is 14.2. The SMILES string of the molecule is CCN(C)C=Nc1cc(C(F)(F)F)c(Nc2ccccc2Cl)cc1F. The lowest BCUT2D eigenvalue weighted by Gasteiger charge is -2.17. The number of anilines is 2. The summed E-state index contributed by atoms with van der Waals surface area (Å²) >= 11 is 5.95. The van der Waals surface area contributed by atoms with Crippen molar-refractivity contribution in [3.63, 3.8) is 0 Å². The van der Waals surface area contributed by atoms with E-state index < -0.39 is 28.9 Å². The first-order valence-corrected chi connectivity index (χ1v) is 7.77. The molecule has 0 saturated heterocycles. The highest BCUT2D eigenvalue weighted by Gasteiger charge is 2.35. The van der Waals surface area contributed by atoms with Crippen LogP contribution in [0.4, 0.5) is 34.6 Å². The van der Waals surface area contributed by atoms with Crippen molar-refractivity contribution in [2.75, 3.05) is 18.9 Å². The zero-order valence-electron chi connectivity index (χ0n) is 13.5. The van der Waals surface area contributed by atoms with Gasteiger partial charge in [0.15, 0.2) is 5.82 Å². The van der Waals surface area contributed by atoms with Gasteiger partial charge in [0.25, 0.3) is 0 Å². The van der Waals surface area contributed by atoms with Crippen LogP contribution in [-0.2, 0) is 6.18 Å². The van der Waals surface area contributed by atoms with E-state index in [1.807, 2.05) is 6.92 Å². The normalized spacial score (nSPS) is 11.8. The van der Waals surface area contributed by atoms with Gasteiger partial charge in [0, 0.05) is 19.7 Å². The summed E-state index contributed by atoms with van der Waals surface area (Å²) in [4.78, 5) is 5.40. The number of nitrogens with zero attached hydrogens (tertiary/aromatic N) is 2. The molecule has 0 aliphatic rings. The number of benzene rings is 2. The molecule has 0 aliphatic carbocycles. The Labute approximate surface area is 147 Å². The van der Waals surface area contributed by atoms with E-state index in [1.165, 1.54) is 18.5 Å². The van der Waals surface area contributed by atoms with Gasteiger partial charge in [0.1, 0.15) is 5.69 Å². The Morgan fingerprint density at radius 3 is 2.48 bits per heavy atom. The second-order valence-corrected chi connectivity index (χ2v) is 5.68. The van der Waals surface area contributed by atoms with Crippen molar-refractivity contribution in [1.82, 2.24) is 4.90 Å². The van der Waals surface area contributed by atoms with Gasteiger partial charge in [-0.2, -0.15) is 13.2 Å². The Hall–Kier alpha value is -2.28. The summed E-state index contributed by atoms with van der Waals surface area (Å²) in [5.41, 5.74) is -1.60. The van der Waals surface area contributed by atoms with Crippen LogP contribution in [0.25, 0.3) is 0 Å². The van der Waals surface area contributed by atoms with Crippen molar-refractivity contribution in [3.8, 4) is 0 Å². The minimum atomic E-state index is -4.68. The van der Waals surface area contributed by atoms with Crippen molar-refractivity contribution < 1.29 is 17.6 Å². The lowest BCUT2D eigenvalue weighted by atomic mass is 10.1. The minimum Gasteiger partial charge on any atom is -0.366 e. The van der Waals surface area contributed by atoms with Crippen LogP contribution in [0.2, 0.25) is 5.02 Å². The monoisotopic (exact) mass is 373 g/mol. The molecule has 0 atom stereocenters. The van der Waals surface area contributed by atoms with Gasteiger partial charge in [-0.15, -0.1) is 0 Å². The molecular formula is C17H16ClF4N3. The van der Waals surface area contributed by atoms with Crippen LogP contribution in [0, 0.1) is 5.82 Å². The lowest BCUT2D eigenvalue weighted by Crippen LogP contribution is -2.14. The molecular weight excluding hydrogens is 358 g/mol. The third-order valence-electron chi connectivity index (χ3n) is 3.43. The summed E-state index contributed by atoms with van der Waals surface area (Å²) in [5.74, 6) is -0.872. The molecule has 0 radical (unpaired) electrons. The van der Waals surface area contributed by atoms with Crippen molar-refractivity contribution >= 4 is 35.0 Å². The Kier molecular flexibility index (Phi) is 5.89. The smallest absolute Gasteiger partial charge is 0.366 e. The van der Waals surface area contributed by atoms with Crippen LogP contribution < -0.4 is 5.32 Å². The summed E-state index contributed by atoms with van der Waals surface area (Å²) in [7, 11) is 1.68. The van der Waals surface area contributed by atoms with E-state index in [4.69, 9.17) is 11.6 Å². The number of para-hydroxylation sites is 1. The number of hydrogen-bond donors (Lipinski definition) is 1. The predicted molar refractivity (Wildman–Crippen MR) is 92.6 cm³/mol. The molecule has 8 heteroatoms. The quantitative estimate of drug-likeness (QED) is 0.404. The fourth-order valence-corrected chi connectivity index (χ4v) is 2.13.